The SMILES string of the molecule is COc1ccc(-c2ncnc3c2nc(C)c(=O)n3CCCC2CC2)c(C)n1. The van der Waals surface area contributed by atoms with E-state index in [1.165, 1.54) is 19.2 Å². The van der Waals surface area contributed by atoms with E-state index in [1.807, 2.05) is 13.0 Å². The molecule has 140 valence electrons. The normalized spacial score (nSPS) is 13.9. The van der Waals surface area contributed by atoms with E-state index >= 15 is 0 Å². The number of fused-ring (bicyclic) bond motifs is 1. The third-order valence-electron chi connectivity index (χ3n) is 5.11. The van der Waals surface area contributed by atoms with E-state index in [2.05, 4.69) is 19.9 Å². The molecule has 0 N–H and O–H groups in total. The number of aromatic nitrogens is 5. The molecule has 3 heterocycles. The van der Waals surface area contributed by atoms with Crippen LogP contribution < -0.4 is 10.3 Å². The van der Waals surface area contributed by atoms with E-state index in [4.69, 9.17) is 4.74 Å². The summed E-state index contributed by atoms with van der Waals surface area (Å²) in [5.41, 5.74) is 3.94. The maximum absolute atomic E-state index is 12.7. The maximum Gasteiger partial charge on any atom is 0.273 e. The van der Waals surface area contributed by atoms with Crippen molar-refractivity contribution in [2.45, 2.75) is 46.1 Å². The summed E-state index contributed by atoms with van der Waals surface area (Å²) in [4.78, 5) is 30.5. The lowest BCUT2D eigenvalue weighted by molar-refractivity contribution is 0.397. The van der Waals surface area contributed by atoms with Gasteiger partial charge in [0.2, 0.25) is 5.88 Å². The Bertz CT molecular complexity index is 1060. The Morgan fingerprint density at radius 2 is 1.96 bits per heavy atom. The first-order valence-electron chi connectivity index (χ1n) is 9.32. The highest BCUT2D eigenvalue weighted by Crippen LogP contribution is 2.33. The van der Waals surface area contributed by atoms with Crippen LogP contribution in [-0.4, -0.2) is 31.6 Å². The van der Waals surface area contributed by atoms with Crippen LogP contribution >= 0.6 is 0 Å². The van der Waals surface area contributed by atoms with Crippen molar-refractivity contribution in [1.82, 2.24) is 24.5 Å². The molecule has 0 amide bonds. The Morgan fingerprint density at radius 3 is 2.67 bits per heavy atom. The summed E-state index contributed by atoms with van der Waals surface area (Å²) >= 11 is 0. The van der Waals surface area contributed by atoms with E-state index in [0.29, 0.717) is 35.0 Å². The summed E-state index contributed by atoms with van der Waals surface area (Å²) in [6.07, 6.45) is 6.28. The second kappa shape index (κ2) is 7.06. The average molecular weight is 365 g/mol. The lowest BCUT2D eigenvalue weighted by atomic mass is 10.1. The number of ether oxygens (including phenoxy) is 1. The molecule has 0 saturated heterocycles. The number of pyridine rings is 1. The summed E-state index contributed by atoms with van der Waals surface area (Å²) in [5.74, 6) is 1.39. The Morgan fingerprint density at radius 1 is 1.15 bits per heavy atom. The number of methoxy groups -OCH3 is 1. The largest absolute Gasteiger partial charge is 0.481 e. The molecule has 7 nitrogen and oxygen atoms in total. The Labute approximate surface area is 157 Å². The van der Waals surface area contributed by atoms with Gasteiger partial charge in [-0.3, -0.25) is 9.36 Å². The van der Waals surface area contributed by atoms with Crippen molar-refractivity contribution in [1.29, 1.82) is 0 Å². The molecular weight excluding hydrogens is 342 g/mol. The topological polar surface area (TPSA) is 82.8 Å². The van der Waals surface area contributed by atoms with Gasteiger partial charge in [-0.1, -0.05) is 12.8 Å². The number of rotatable bonds is 6. The highest BCUT2D eigenvalue weighted by molar-refractivity contribution is 5.87. The van der Waals surface area contributed by atoms with Gasteiger partial charge in [0.1, 0.15) is 23.2 Å². The van der Waals surface area contributed by atoms with Crippen molar-refractivity contribution in [2.24, 2.45) is 5.92 Å². The zero-order valence-corrected chi connectivity index (χ0v) is 15.9. The minimum Gasteiger partial charge on any atom is -0.481 e. The minimum absolute atomic E-state index is 0.0764. The van der Waals surface area contributed by atoms with Gasteiger partial charge in [0.25, 0.3) is 5.56 Å². The van der Waals surface area contributed by atoms with Crippen LogP contribution in [0.4, 0.5) is 0 Å². The van der Waals surface area contributed by atoms with Crippen LogP contribution in [0.2, 0.25) is 0 Å². The van der Waals surface area contributed by atoms with Crippen LogP contribution in [0.1, 0.15) is 37.1 Å². The van der Waals surface area contributed by atoms with Crippen LogP contribution in [0.25, 0.3) is 22.4 Å². The fourth-order valence-corrected chi connectivity index (χ4v) is 3.43. The summed E-state index contributed by atoms with van der Waals surface area (Å²) in [7, 11) is 1.59. The summed E-state index contributed by atoms with van der Waals surface area (Å²) in [6.45, 7) is 4.31. The van der Waals surface area contributed by atoms with Crippen LogP contribution in [0.15, 0.2) is 23.3 Å². The first kappa shape index (κ1) is 17.6. The molecule has 1 aliphatic carbocycles. The smallest absolute Gasteiger partial charge is 0.273 e. The molecule has 1 saturated carbocycles. The van der Waals surface area contributed by atoms with Gasteiger partial charge in [-0.15, -0.1) is 0 Å². The molecule has 0 radical (unpaired) electrons. The minimum atomic E-state index is -0.0764. The van der Waals surface area contributed by atoms with Gasteiger partial charge < -0.3 is 4.74 Å². The summed E-state index contributed by atoms with van der Waals surface area (Å²) < 4.78 is 6.94. The quantitative estimate of drug-likeness (QED) is 0.668. The van der Waals surface area contributed by atoms with Gasteiger partial charge in [0.15, 0.2) is 5.65 Å². The van der Waals surface area contributed by atoms with Crippen molar-refractivity contribution in [3.05, 3.63) is 40.2 Å². The Hall–Kier alpha value is -2.83. The zero-order chi connectivity index (χ0) is 19.0. The first-order chi connectivity index (χ1) is 13.1. The monoisotopic (exact) mass is 365 g/mol. The van der Waals surface area contributed by atoms with Crippen molar-refractivity contribution in [3.63, 3.8) is 0 Å². The van der Waals surface area contributed by atoms with E-state index in [1.54, 1.807) is 24.7 Å². The van der Waals surface area contributed by atoms with Gasteiger partial charge >= 0.3 is 0 Å². The van der Waals surface area contributed by atoms with Gasteiger partial charge in [-0.2, -0.15) is 0 Å². The maximum atomic E-state index is 12.7. The lowest BCUT2D eigenvalue weighted by Gasteiger charge is -2.13. The van der Waals surface area contributed by atoms with E-state index in [-0.39, 0.29) is 5.56 Å². The molecule has 0 aromatic carbocycles. The fraction of sp³-hybridized carbons (Fsp3) is 0.450. The molecule has 0 bridgehead atoms. The second-order valence-electron chi connectivity index (χ2n) is 7.12. The Balaban J connectivity index is 1.83. The molecular formula is C20H23N5O2. The average Bonchev–Trinajstić information content (AvgIpc) is 3.49. The predicted octanol–water partition coefficient (Wildman–Crippen LogP) is 3.06. The molecule has 4 rings (SSSR count). The van der Waals surface area contributed by atoms with Crippen molar-refractivity contribution < 1.29 is 4.74 Å². The molecule has 3 aromatic rings. The predicted molar refractivity (Wildman–Crippen MR) is 103 cm³/mol. The molecule has 1 fully saturated rings. The molecule has 0 aliphatic heterocycles. The second-order valence-corrected chi connectivity index (χ2v) is 7.12. The van der Waals surface area contributed by atoms with Crippen LogP contribution in [0.3, 0.4) is 0 Å². The van der Waals surface area contributed by atoms with Crippen LogP contribution in [0, 0.1) is 19.8 Å². The van der Waals surface area contributed by atoms with E-state index in [9.17, 15) is 4.79 Å². The van der Waals surface area contributed by atoms with E-state index < -0.39 is 0 Å². The molecule has 27 heavy (non-hydrogen) atoms. The van der Waals surface area contributed by atoms with Gasteiger partial charge in [-0.25, -0.2) is 19.9 Å². The summed E-state index contributed by atoms with van der Waals surface area (Å²) in [5, 5.41) is 0. The number of nitrogens with zero attached hydrogens (tertiary/aromatic N) is 5. The molecule has 7 heteroatoms. The van der Waals surface area contributed by atoms with Crippen LogP contribution in [0.5, 0.6) is 5.88 Å². The van der Waals surface area contributed by atoms with Crippen molar-refractivity contribution in [3.8, 4) is 17.1 Å². The number of hydrogen-bond acceptors (Lipinski definition) is 6. The molecule has 3 aromatic heterocycles. The highest BCUT2D eigenvalue weighted by Gasteiger charge is 2.21. The lowest BCUT2D eigenvalue weighted by Crippen LogP contribution is -2.25. The zero-order valence-electron chi connectivity index (χ0n) is 15.9. The third kappa shape index (κ3) is 3.41. The molecule has 0 spiro atoms. The first-order valence-corrected chi connectivity index (χ1v) is 9.32. The van der Waals surface area contributed by atoms with E-state index in [0.717, 1.165) is 30.0 Å². The number of hydrogen-bond donors (Lipinski definition) is 0. The molecule has 0 atom stereocenters. The molecule has 0 unspecified atom stereocenters. The fourth-order valence-electron chi connectivity index (χ4n) is 3.43. The van der Waals surface area contributed by atoms with Crippen molar-refractivity contribution in [2.75, 3.05) is 7.11 Å². The standard InChI is InChI=1S/C20H23N5O2/c1-12-15(8-9-16(23-12)27-3)17-18-19(22-11-21-17)25(20(26)13(2)24-18)10-4-5-14-6-7-14/h8-9,11,14H,4-7,10H2,1-3H3. The van der Waals surface area contributed by atoms with Gasteiger partial charge in [0.05, 0.1) is 12.8 Å². The van der Waals surface area contributed by atoms with Gasteiger partial charge in [-0.05, 0) is 38.7 Å². The molecule has 1 aliphatic rings. The summed E-state index contributed by atoms with van der Waals surface area (Å²) in [6, 6.07) is 3.72. The van der Waals surface area contributed by atoms with Gasteiger partial charge in [0, 0.05) is 18.2 Å². The number of aryl methyl sites for hydroxylation is 3. The highest BCUT2D eigenvalue weighted by atomic mass is 16.5. The van der Waals surface area contributed by atoms with Crippen molar-refractivity contribution >= 4 is 11.2 Å². The third-order valence-corrected chi connectivity index (χ3v) is 5.11. The van der Waals surface area contributed by atoms with Crippen LogP contribution in [-0.2, 0) is 6.54 Å². The Kier molecular flexibility index (Phi) is 4.59.